The lowest BCUT2D eigenvalue weighted by Crippen LogP contribution is -2.13. The molecule has 0 radical (unpaired) electrons. The van der Waals surface area contributed by atoms with Crippen molar-refractivity contribution in [2.24, 2.45) is 0 Å². The lowest BCUT2D eigenvalue weighted by atomic mass is 10.2. The zero-order valence-electron chi connectivity index (χ0n) is 9.84. The van der Waals surface area contributed by atoms with Gasteiger partial charge in [0.05, 0.1) is 27.4 Å². The van der Waals surface area contributed by atoms with Crippen LogP contribution in [0.5, 0.6) is 0 Å². The minimum atomic E-state index is -0.600. The minimum Gasteiger partial charge on any atom is -0.321 e. The summed E-state index contributed by atoms with van der Waals surface area (Å²) in [7, 11) is 0. The summed E-state index contributed by atoms with van der Waals surface area (Å²) in [4.78, 5) is 25.9. The molecule has 0 aliphatic heterocycles. The monoisotopic (exact) mass is 311 g/mol. The summed E-state index contributed by atoms with van der Waals surface area (Å²) in [6.07, 6.45) is 1.37. The van der Waals surface area contributed by atoms with Crippen molar-refractivity contribution < 1.29 is 9.72 Å². The van der Waals surface area contributed by atoms with Crippen molar-refractivity contribution in [2.75, 3.05) is 5.32 Å². The number of nitrogens with one attached hydrogen (secondary N) is 1. The first-order valence-electron chi connectivity index (χ1n) is 5.34. The Morgan fingerprint density at radius 2 is 2.00 bits per heavy atom. The Kier molecular flexibility index (Phi) is 4.16. The fourth-order valence-corrected chi connectivity index (χ4v) is 1.76. The van der Waals surface area contributed by atoms with Gasteiger partial charge in [0.2, 0.25) is 0 Å². The number of rotatable bonds is 3. The molecule has 0 atom stereocenters. The summed E-state index contributed by atoms with van der Waals surface area (Å²) in [6.45, 7) is 0. The van der Waals surface area contributed by atoms with Gasteiger partial charge in [0.25, 0.3) is 11.6 Å². The third-order valence-electron chi connectivity index (χ3n) is 2.39. The molecule has 0 aliphatic rings. The van der Waals surface area contributed by atoms with Crippen LogP contribution in [0.3, 0.4) is 0 Å². The highest BCUT2D eigenvalue weighted by atomic mass is 35.5. The van der Waals surface area contributed by atoms with E-state index in [9.17, 15) is 14.9 Å². The second-order valence-electron chi connectivity index (χ2n) is 3.74. The summed E-state index contributed by atoms with van der Waals surface area (Å²) in [5.74, 6) is -0.567. The van der Waals surface area contributed by atoms with E-state index in [0.717, 1.165) is 6.07 Å². The van der Waals surface area contributed by atoms with Crippen molar-refractivity contribution in [1.29, 1.82) is 0 Å². The van der Waals surface area contributed by atoms with Crippen molar-refractivity contribution >= 4 is 40.5 Å². The van der Waals surface area contributed by atoms with Crippen molar-refractivity contribution in [1.82, 2.24) is 4.98 Å². The maximum Gasteiger partial charge on any atom is 0.270 e. The van der Waals surface area contributed by atoms with E-state index < -0.39 is 10.8 Å². The Morgan fingerprint density at radius 3 is 2.60 bits per heavy atom. The normalized spacial score (nSPS) is 10.1. The number of anilines is 1. The van der Waals surface area contributed by atoms with Gasteiger partial charge in [0.15, 0.2) is 0 Å². The summed E-state index contributed by atoms with van der Waals surface area (Å²) in [6, 6.07) is 6.70. The van der Waals surface area contributed by atoms with Crippen LogP contribution in [-0.4, -0.2) is 15.8 Å². The van der Waals surface area contributed by atoms with Crippen LogP contribution in [0.1, 0.15) is 10.4 Å². The van der Waals surface area contributed by atoms with Crippen molar-refractivity contribution in [3.05, 3.63) is 62.4 Å². The fourth-order valence-electron chi connectivity index (χ4n) is 1.45. The molecule has 0 fully saturated rings. The topological polar surface area (TPSA) is 85.1 Å². The van der Waals surface area contributed by atoms with E-state index in [1.54, 1.807) is 6.07 Å². The molecule has 20 heavy (non-hydrogen) atoms. The molecule has 1 amide bonds. The van der Waals surface area contributed by atoms with Gasteiger partial charge in [-0.1, -0.05) is 23.2 Å². The third-order valence-corrected chi connectivity index (χ3v) is 2.94. The molecule has 102 valence electrons. The Balaban J connectivity index is 2.26. The van der Waals surface area contributed by atoms with E-state index in [1.165, 1.54) is 24.4 Å². The number of nitro groups is 1. The SMILES string of the molecule is O=C(Nc1ccc(Cl)nc1)c1cc([N+](=O)[O-])ccc1Cl. The molecule has 0 saturated heterocycles. The van der Waals surface area contributed by atoms with E-state index in [-0.39, 0.29) is 21.4 Å². The highest BCUT2D eigenvalue weighted by Crippen LogP contribution is 2.23. The molecular weight excluding hydrogens is 305 g/mol. The number of amides is 1. The molecule has 2 aromatic rings. The number of carbonyl (C=O) groups is 1. The number of hydrogen-bond donors (Lipinski definition) is 1. The van der Waals surface area contributed by atoms with Crippen LogP contribution in [-0.2, 0) is 0 Å². The van der Waals surface area contributed by atoms with Crippen LogP contribution in [0.25, 0.3) is 0 Å². The van der Waals surface area contributed by atoms with Gasteiger partial charge in [-0.25, -0.2) is 4.98 Å². The molecule has 8 heteroatoms. The summed E-state index contributed by atoms with van der Waals surface area (Å²) >= 11 is 11.5. The van der Waals surface area contributed by atoms with E-state index >= 15 is 0 Å². The Hall–Kier alpha value is -2.18. The Morgan fingerprint density at radius 1 is 1.25 bits per heavy atom. The Bertz CT molecular complexity index is 674. The van der Waals surface area contributed by atoms with Gasteiger partial charge in [-0.3, -0.25) is 14.9 Å². The van der Waals surface area contributed by atoms with Gasteiger partial charge in [-0.05, 0) is 18.2 Å². The maximum atomic E-state index is 12.0. The number of nitrogens with zero attached hydrogens (tertiary/aromatic N) is 2. The van der Waals surface area contributed by atoms with Crippen molar-refractivity contribution in [3.8, 4) is 0 Å². The molecule has 1 aromatic heterocycles. The first-order chi connectivity index (χ1) is 9.47. The average molecular weight is 312 g/mol. The van der Waals surface area contributed by atoms with Crippen molar-refractivity contribution in [3.63, 3.8) is 0 Å². The highest BCUT2D eigenvalue weighted by molar-refractivity contribution is 6.34. The van der Waals surface area contributed by atoms with Crippen LogP contribution in [0.2, 0.25) is 10.2 Å². The zero-order valence-corrected chi connectivity index (χ0v) is 11.4. The minimum absolute atomic E-state index is 0.0100. The van der Waals surface area contributed by atoms with Crippen LogP contribution < -0.4 is 5.32 Å². The number of nitro benzene ring substituents is 1. The molecular formula is C12H7Cl2N3O3. The predicted octanol–water partition coefficient (Wildman–Crippen LogP) is 3.55. The van der Waals surface area contributed by atoms with Gasteiger partial charge in [0.1, 0.15) is 5.15 Å². The molecule has 6 nitrogen and oxygen atoms in total. The molecule has 0 aliphatic carbocycles. The number of aromatic nitrogens is 1. The second kappa shape index (κ2) is 5.85. The second-order valence-corrected chi connectivity index (χ2v) is 4.54. The summed E-state index contributed by atoms with van der Waals surface area (Å²) in [5.41, 5.74) is 0.201. The summed E-state index contributed by atoms with van der Waals surface area (Å²) in [5, 5.41) is 13.6. The average Bonchev–Trinajstić information content (AvgIpc) is 2.41. The number of hydrogen-bond acceptors (Lipinski definition) is 4. The maximum absolute atomic E-state index is 12.0. The molecule has 1 heterocycles. The van der Waals surface area contributed by atoms with Crippen LogP contribution >= 0.6 is 23.2 Å². The molecule has 0 spiro atoms. The fraction of sp³-hybridized carbons (Fsp3) is 0. The first kappa shape index (κ1) is 14.2. The van der Waals surface area contributed by atoms with E-state index in [2.05, 4.69) is 10.3 Å². The third kappa shape index (κ3) is 3.23. The Labute approximate surface area is 123 Å². The van der Waals surface area contributed by atoms with Crippen LogP contribution in [0, 0.1) is 10.1 Å². The predicted molar refractivity (Wildman–Crippen MR) is 75.3 cm³/mol. The van der Waals surface area contributed by atoms with Gasteiger partial charge in [0, 0.05) is 12.1 Å². The van der Waals surface area contributed by atoms with Crippen molar-refractivity contribution in [2.45, 2.75) is 0 Å². The van der Waals surface area contributed by atoms with Crippen LogP contribution in [0.15, 0.2) is 36.5 Å². The number of pyridine rings is 1. The number of benzene rings is 1. The molecule has 1 N–H and O–H groups in total. The lowest BCUT2D eigenvalue weighted by Gasteiger charge is -2.06. The highest BCUT2D eigenvalue weighted by Gasteiger charge is 2.16. The molecule has 0 saturated carbocycles. The van der Waals surface area contributed by atoms with Gasteiger partial charge in [-0.2, -0.15) is 0 Å². The quantitative estimate of drug-likeness (QED) is 0.533. The standard InChI is InChI=1S/C12H7Cl2N3O3/c13-10-3-2-8(17(19)20)5-9(10)12(18)16-7-1-4-11(14)15-6-7/h1-6H,(H,16,18). The summed E-state index contributed by atoms with van der Waals surface area (Å²) < 4.78 is 0. The molecule has 0 bridgehead atoms. The van der Waals surface area contributed by atoms with E-state index in [1.807, 2.05) is 0 Å². The molecule has 1 aromatic carbocycles. The van der Waals surface area contributed by atoms with Gasteiger partial charge < -0.3 is 5.32 Å². The lowest BCUT2D eigenvalue weighted by molar-refractivity contribution is -0.384. The van der Waals surface area contributed by atoms with Crippen LogP contribution in [0.4, 0.5) is 11.4 Å². The smallest absolute Gasteiger partial charge is 0.270 e. The number of halogens is 2. The largest absolute Gasteiger partial charge is 0.321 e. The number of carbonyl (C=O) groups excluding carboxylic acids is 1. The van der Waals surface area contributed by atoms with E-state index in [4.69, 9.17) is 23.2 Å². The van der Waals surface area contributed by atoms with Gasteiger partial charge >= 0.3 is 0 Å². The molecule has 0 unspecified atom stereocenters. The number of non-ortho nitro benzene ring substituents is 1. The first-order valence-corrected chi connectivity index (χ1v) is 6.10. The molecule has 2 rings (SSSR count). The van der Waals surface area contributed by atoms with Gasteiger partial charge in [-0.15, -0.1) is 0 Å². The zero-order chi connectivity index (χ0) is 14.7. The van der Waals surface area contributed by atoms with E-state index in [0.29, 0.717) is 5.69 Å².